The van der Waals surface area contributed by atoms with E-state index in [9.17, 15) is 4.79 Å². The lowest BCUT2D eigenvalue weighted by Crippen LogP contribution is -2.38. The third-order valence-electron chi connectivity index (χ3n) is 3.63. The second-order valence-electron chi connectivity index (χ2n) is 5.18. The zero-order valence-corrected chi connectivity index (χ0v) is 12.4. The Hall–Kier alpha value is -2.58. The summed E-state index contributed by atoms with van der Waals surface area (Å²) in [6, 6.07) is -0.164. The minimum atomic E-state index is -0.247. The maximum atomic E-state index is 12.0. The molecular weight excluding hydrogens is 284 g/mol. The van der Waals surface area contributed by atoms with Crippen molar-refractivity contribution in [1.82, 2.24) is 35.5 Å². The van der Waals surface area contributed by atoms with Gasteiger partial charge in [-0.15, -0.1) is 5.10 Å². The van der Waals surface area contributed by atoms with Crippen molar-refractivity contribution in [2.75, 3.05) is 5.32 Å². The molecule has 0 saturated carbocycles. The highest BCUT2D eigenvalue weighted by molar-refractivity contribution is 5.89. The Morgan fingerprint density at radius 1 is 1.36 bits per heavy atom. The summed E-state index contributed by atoms with van der Waals surface area (Å²) in [6.07, 6.45) is 6.38. The van der Waals surface area contributed by atoms with E-state index in [1.165, 1.54) is 0 Å². The second-order valence-corrected chi connectivity index (χ2v) is 5.18. The van der Waals surface area contributed by atoms with E-state index in [2.05, 4.69) is 36.1 Å². The Kier molecular flexibility index (Phi) is 4.22. The molecule has 9 heteroatoms. The minimum absolute atomic E-state index is 0.0827. The summed E-state index contributed by atoms with van der Waals surface area (Å²) < 4.78 is 1.79. The van der Waals surface area contributed by atoms with Gasteiger partial charge in [0.15, 0.2) is 5.82 Å². The lowest BCUT2D eigenvalue weighted by molar-refractivity contribution is 0.246. The van der Waals surface area contributed by atoms with Crippen LogP contribution in [0.4, 0.5) is 10.5 Å². The fourth-order valence-corrected chi connectivity index (χ4v) is 2.40. The van der Waals surface area contributed by atoms with Gasteiger partial charge in [0.2, 0.25) is 0 Å². The maximum Gasteiger partial charge on any atom is 0.319 e. The number of nitrogens with one attached hydrogen (secondary N) is 2. The van der Waals surface area contributed by atoms with Crippen molar-refractivity contribution < 1.29 is 4.79 Å². The number of nitrogens with zero attached hydrogens (tertiary/aromatic N) is 6. The van der Waals surface area contributed by atoms with Crippen LogP contribution in [0.25, 0.3) is 0 Å². The fraction of sp³-hybridized carbons (Fsp3) is 0.538. The minimum Gasteiger partial charge on any atom is -0.335 e. The van der Waals surface area contributed by atoms with Crippen LogP contribution in [0.3, 0.4) is 0 Å². The summed E-state index contributed by atoms with van der Waals surface area (Å²) in [4.78, 5) is 20.3. The molecule has 2 aromatic rings. The number of aromatic nitrogens is 6. The number of hydrogen-bond donors (Lipinski definition) is 2. The highest BCUT2D eigenvalue weighted by atomic mass is 16.2. The number of carbonyl (C=O) groups excluding carboxylic acids is 1. The third kappa shape index (κ3) is 3.35. The average molecular weight is 302 g/mol. The Bertz CT molecular complexity index is 615. The molecule has 0 bridgehead atoms. The summed E-state index contributed by atoms with van der Waals surface area (Å²) in [5.41, 5.74) is 0.585. The third-order valence-corrected chi connectivity index (χ3v) is 3.63. The van der Waals surface area contributed by atoms with Crippen LogP contribution in [0.15, 0.2) is 12.4 Å². The Labute approximate surface area is 127 Å². The summed E-state index contributed by atoms with van der Waals surface area (Å²) in [5, 5.41) is 17.3. The van der Waals surface area contributed by atoms with Crippen LogP contribution < -0.4 is 10.6 Å². The molecule has 0 spiro atoms. The SMILES string of the molecule is CCc1ncc(NC(=O)NC2CCc3nnnn3CC2)cn1. The molecule has 22 heavy (non-hydrogen) atoms. The van der Waals surface area contributed by atoms with Crippen molar-refractivity contribution in [2.45, 2.75) is 45.2 Å². The topological polar surface area (TPSA) is 111 Å². The van der Waals surface area contributed by atoms with E-state index in [0.29, 0.717) is 12.2 Å². The van der Waals surface area contributed by atoms with Gasteiger partial charge in [0, 0.05) is 25.4 Å². The molecule has 3 heterocycles. The molecule has 0 aromatic carbocycles. The molecule has 9 nitrogen and oxygen atoms in total. The number of amides is 2. The van der Waals surface area contributed by atoms with Gasteiger partial charge in [0.1, 0.15) is 5.82 Å². The molecule has 0 aliphatic carbocycles. The number of urea groups is 1. The van der Waals surface area contributed by atoms with E-state index in [0.717, 1.165) is 37.3 Å². The molecular formula is C13H18N8O. The van der Waals surface area contributed by atoms with Gasteiger partial charge in [-0.3, -0.25) is 0 Å². The molecule has 1 unspecified atom stereocenters. The van der Waals surface area contributed by atoms with Crippen molar-refractivity contribution in [3.05, 3.63) is 24.0 Å². The average Bonchev–Trinajstić information content (AvgIpc) is 2.90. The quantitative estimate of drug-likeness (QED) is 0.856. The van der Waals surface area contributed by atoms with Crippen LogP contribution in [0.2, 0.25) is 0 Å². The normalized spacial score (nSPS) is 17.4. The van der Waals surface area contributed by atoms with Crippen molar-refractivity contribution >= 4 is 11.7 Å². The molecule has 2 aromatic heterocycles. The molecule has 0 radical (unpaired) electrons. The predicted molar refractivity (Wildman–Crippen MR) is 78.1 cm³/mol. The van der Waals surface area contributed by atoms with Crippen molar-refractivity contribution in [1.29, 1.82) is 0 Å². The number of aryl methyl sites for hydroxylation is 3. The maximum absolute atomic E-state index is 12.0. The first kappa shape index (κ1) is 14.4. The fourth-order valence-electron chi connectivity index (χ4n) is 2.40. The van der Waals surface area contributed by atoms with E-state index in [4.69, 9.17) is 0 Å². The smallest absolute Gasteiger partial charge is 0.319 e. The number of tetrazole rings is 1. The lowest BCUT2D eigenvalue weighted by atomic mass is 10.1. The standard InChI is InChI=1S/C13H18N8O/c1-2-11-14-7-10(8-15-11)17-13(22)16-9-3-4-12-18-19-20-21(12)6-5-9/h7-9H,2-6H2,1H3,(H2,16,17,22). The van der Waals surface area contributed by atoms with Gasteiger partial charge in [-0.05, 0) is 23.3 Å². The zero-order chi connectivity index (χ0) is 15.4. The van der Waals surface area contributed by atoms with Crippen LogP contribution >= 0.6 is 0 Å². The summed E-state index contributed by atoms with van der Waals surface area (Å²) in [5.74, 6) is 1.62. The Balaban J connectivity index is 1.52. The van der Waals surface area contributed by atoms with Gasteiger partial charge in [-0.25, -0.2) is 19.4 Å². The molecule has 3 rings (SSSR count). The van der Waals surface area contributed by atoms with Crippen LogP contribution in [-0.4, -0.2) is 42.2 Å². The van der Waals surface area contributed by atoms with Crippen molar-refractivity contribution in [3.8, 4) is 0 Å². The molecule has 1 aliphatic heterocycles. The summed E-state index contributed by atoms with van der Waals surface area (Å²) in [6.45, 7) is 2.69. The first-order valence-electron chi connectivity index (χ1n) is 7.38. The van der Waals surface area contributed by atoms with Crippen molar-refractivity contribution in [2.24, 2.45) is 0 Å². The van der Waals surface area contributed by atoms with Crippen molar-refractivity contribution in [3.63, 3.8) is 0 Å². The molecule has 116 valence electrons. The lowest BCUT2D eigenvalue weighted by Gasteiger charge is -2.16. The largest absolute Gasteiger partial charge is 0.335 e. The van der Waals surface area contributed by atoms with E-state index in [1.54, 1.807) is 17.1 Å². The molecule has 2 amide bonds. The van der Waals surface area contributed by atoms with Gasteiger partial charge in [0.05, 0.1) is 18.1 Å². The first-order chi connectivity index (χ1) is 10.7. The molecule has 0 saturated heterocycles. The molecule has 0 fully saturated rings. The first-order valence-corrected chi connectivity index (χ1v) is 7.38. The van der Waals surface area contributed by atoms with Gasteiger partial charge < -0.3 is 10.6 Å². The number of rotatable bonds is 3. The molecule has 1 aliphatic rings. The van der Waals surface area contributed by atoms with Crippen LogP contribution in [0, 0.1) is 0 Å². The number of fused-ring (bicyclic) bond motifs is 1. The van der Waals surface area contributed by atoms with Gasteiger partial charge >= 0.3 is 6.03 Å². The highest BCUT2D eigenvalue weighted by Crippen LogP contribution is 2.12. The highest BCUT2D eigenvalue weighted by Gasteiger charge is 2.19. The summed E-state index contributed by atoms with van der Waals surface area (Å²) >= 11 is 0. The zero-order valence-electron chi connectivity index (χ0n) is 12.4. The van der Waals surface area contributed by atoms with E-state index in [-0.39, 0.29) is 12.1 Å². The molecule has 1 atom stereocenters. The number of hydrogen-bond acceptors (Lipinski definition) is 6. The van der Waals surface area contributed by atoms with Gasteiger partial charge in [-0.1, -0.05) is 6.92 Å². The van der Waals surface area contributed by atoms with E-state index < -0.39 is 0 Å². The van der Waals surface area contributed by atoms with Crippen LogP contribution in [0.1, 0.15) is 31.4 Å². The Morgan fingerprint density at radius 2 is 2.18 bits per heavy atom. The second kappa shape index (κ2) is 6.46. The van der Waals surface area contributed by atoms with E-state index >= 15 is 0 Å². The monoisotopic (exact) mass is 302 g/mol. The summed E-state index contributed by atoms with van der Waals surface area (Å²) in [7, 11) is 0. The predicted octanol–water partition coefficient (Wildman–Crippen LogP) is 0.552. The van der Waals surface area contributed by atoms with Crippen LogP contribution in [0.5, 0.6) is 0 Å². The number of carbonyl (C=O) groups is 1. The number of anilines is 1. The van der Waals surface area contributed by atoms with E-state index in [1.807, 2.05) is 6.92 Å². The van der Waals surface area contributed by atoms with Gasteiger partial charge in [-0.2, -0.15) is 0 Å². The molecule has 2 N–H and O–H groups in total. The van der Waals surface area contributed by atoms with Crippen LogP contribution in [-0.2, 0) is 19.4 Å². The Morgan fingerprint density at radius 3 is 2.95 bits per heavy atom. The van der Waals surface area contributed by atoms with Gasteiger partial charge in [0.25, 0.3) is 0 Å².